The second-order valence-corrected chi connectivity index (χ2v) is 7.40. The first-order valence-corrected chi connectivity index (χ1v) is 9.57. The van der Waals surface area contributed by atoms with Crippen LogP contribution in [-0.4, -0.2) is 53.6 Å². The SMILES string of the molecule is c1csc(-c2nc(CN(C[C@@H]3CCCO3)C[C@@H]3CCCO3)no2)c1. The molecule has 2 aromatic rings. The summed E-state index contributed by atoms with van der Waals surface area (Å²) >= 11 is 1.61. The molecule has 7 heteroatoms. The molecule has 0 spiro atoms. The Morgan fingerprint density at radius 2 is 1.88 bits per heavy atom. The number of aromatic nitrogens is 2. The van der Waals surface area contributed by atoms with Gasteiger partial charge in [-0.2, -0.15) is 4.98 Å². The molecule has 0 radical (unpaired) electrons. The number of hydrogen-bond acceptors (Lipinski definition) is 7. The minimum Gasteiger partial charge on any atom is -0.377 e. The maximum absolute atomic E-state index is 5.80. The molecule has 0 aliphatic carbocycles. The maximum atomic E-state index is 5.80. The Morgan fingerprint density at radius 1 is 1.12 bits per heavy atom. The molecule has 2 aliphatic heterocycles. The topological polar surface area (TPSA) is 60.6 Å². The van der Waals surface area contributed by atoms with Gasteiger partial charge in [0.25, 0.3) is 5.89 Å². The van der Waals surface area contributed by atoms with Crippen molar-refractivity contribution < 1.29 is 14.0 Å². The van der Waals surface area contributed by atoms with Gasteiger partial charge in [-0.1, -0.05) is 11.2 Å². The van der Waals surface area contributed by atoms with E-state index in [2.05, 4.69) is 15.0 Å². The van der Waals surface area contributed by atoms with E-state index in [1.54, 1.807) is 11.3 Å². The minimum atomic E-state index is 0.315. The Bertz CT molecular complexity index is 601. The lowest BCUT2D eigenvalue weighted by Crippen LogP contribution is -2.37. The zero-order valence-corrected chi connectivity index (χ0v) is 14.5. The number of thiophene rings is 1. The summed E-state index contributed by atoms with van der Waals surface area (Å²) in [4.78, 5) is 7.92. The van der Waals surface area contributed by atoms with Crippen LogP contribution >= 0.6 is 11.3 Å². The molecule has 2 atom stereocenters. The molecule has 0 saturated carbocycles. The Hall–Kier alpha value is -1.28. The predicted molar refractivity (Wildman–Crippen MR) is 90.8 cm³/mol. The second-order valence-electron chi connectivity index (χ2n) is 6.46. The Morgan fingerprint density at radius 3 is 2.46 bits per heavy atom. The van der Waals surface area contributed by atoms with Gasteiger partial charge < -0.3 is 14.0 Å². The third-order valence-electron chi connectivity index (χ3n) is 4.54. The number of rotatable bonds is 7. The molecule has 130 valence electrons. The third kappa shape index (κ3) is 4.03. The number of hydrogen-bond donors (Lipinski definition) is 0. The van der Waals surface area contributed by atoms with Gasteiger partial charge in [0.2, 0.25) is 0 Å². The zero-order chi connectivity index (χ0) is 16.2. The molecule has 2 saturated heterocycles. The first-order chi connectivity index (χ1) is 11.9. The van der Waals surface area contributed by atoms with E-state index in [9.17, 15) is 0 Å². The fraction of sp³-hybridized carbons (Fsp3) is 0.647. The van der Waals surface area contributed by atoms with Gasteiger partial charge in [-0.05, 0) is 37.1 Å². The highest BCUT2D eigenvalue weighted by Crippen LogP contribution is 2.23. The standard InChI is InChI=1S/C17H23N3O3S/c1-4-13(21-7-1)10-20(11-14-5-2-8-22-14)12-16-18-17(23-19-16)15-6-3-9-24-15/h3,6,9,13-14H,1-2,4-5,7-8,10-12H2/t13-,14-/m0/s1. The van der Waals surface area contributed by atoms with Gasteiger partial charge in [0.1, 0.15) is 0 Å². The van der Waals surface area contributed by atoms with E-state index in [0.29, 0.717) is 24.6 Å². The van der Waals surface area contributed by atoms with E-state index >= 15 is 0 Å². The molecule has 0 aromatic carbocycles. The fourth-order valence-electron chi connectivity index (χ4n) is 3.37. The molecule has 0 N–H and O–H groups in total. The lowest BCUT2D eigenvalue weighted by Gasteiger charge is -2.26. The van der Waals surface area contributed by atoms with Crippen LogP contribution in [0.4, 0.5) is 0 Å². The zero-order valence-electron chi connectivity index (χ0n) is 13.7. The van der Waals surface area contributed by atoms with Crippen LogP contribution in [0, 0.1) is 0 Å². The van der Waals surface area contributed by atoms with Crippen molar-refractivity contribution in [2.75, 3.05) is 26.3 Å². The molecule has 24 heavy (non-hydrogen) atoms. The van der Waals surface area contributed by atoms with Gasteiger partial charge in [0, 0.05) is 26.3 Å². The molecule has 4 rings (SSSR count). The Labute approximate surface area is 145 Å². The average Bonchev–Trinajstić information content (AvgIpc) is 3.37. The Balaban J connectivity index is 1.41. The highest BCUT2D eigenvalue weighted by atomic mass is 32.1. The molecule has 0 amide bonds. The van der Waals surface area contributed by atoms with Crippen LogP contribution in [0.2, 0.25) is 0 Å². The summed E-state index contributed by atoms with van der Waals surface area (Å²) in [6.07, 6.45) is 5.21. The molecule has 4 heterocycles. The number of nitrogens with zero attached hydrogens (tertiary/aromatic N) is 3. The van der Waals surface area contributed by atoms with Gasteiger partial charge in [0.15, 0.2) is 5.82 Å². The van der Waals surface area contributed by atoms with Gasteiger partial charge in [0.05, 0.1) is 23.6 Å². The average molecular weight is 349 g/mol. The van der Waals surface area contributed by atoms with Crippen LogP contribution in [0.25, 0.3) is 10.8 Å². The maximum Gasteiger partial charge on any atom is 0.268 e. The van der Waals surface area contributed by atoms with Crippen molar-refractivity contribution >= 4 is 11.3 Å². The van der Waals surface area contributed by atoms with E-state index in [1.165, 1.54) is 0 Å². The summed E-state index contributed by atoms with van der Waals surface area (Å²) in [6, 6.07) is 3.99. The monoisotopic (exact) mass is 349 g/mol. The van der Waals surface area contributed by atoms with Crippen LogP contribution in [0.1, 0.15) is 31.5 Å². The molecule has 2 aromatic heterocycles. The van der Waals surface area contributed by atoms with Crippen LogP contribution in [0.15, 0.2) is 22.0 Å². The Kier molecular flexibility index (Phi) is 5.22. The van der Waals surface area contributed by atoms with E-state index < -0.39 is 0 Å². The van der Waals surface area contributed by atoms with Gasteiger partial charge in [-0.15, -0.1) is 11.3 Å². The lowest BCUT2D eigenvalue weighted by molar-refractivity contribution is 0.0334. The smallest absolute Gasteiger partial charge is 0.268 e. The minimum absolute atomic E-state index is 0.315. The first-order valence-electron chi connectivity index (χ1n) is 8.69. The molecular weight excluding hydrogens is 326 g/mol. The van der Waals surface area contributed by atoms with Crippen molar-refractivity contribution in [2.24, 2.45) is 0 Å². The molecule has 6 nitrogen and oxygen atoms in total. The molecule has 2 fully saturated rings. The van der Waals surface area contributed by atoms with Crippen molar-refractivity contribution in [3.8, 4) is 10.8 Å². The van der Waals surface area contributed by atoms with E-state index in [4.69, 9.17) is 14.0 Å². The highest BCUT2D eigenvalue weighted by molar-refractivity contribution is 7.13. The summed E-state index contributed by atoms with van der Waals surface area (Å²) in [7, 11) is 0. The fourth-order valence-corrected chi connectivity index (χ4v) is 4.02. The predicted octanol–water partition coefficient (Wildman–Crippen LogP) is 2.96. The van der Waals surface area contributed by atoms with Gasteiger partial charge >= 0.3 is 0 Å². The van der Waals surface area contributed by atoms with Crippen LogP contribution in [-0.2, 0) is 16.0 Å². The van der Waals surface area contributed by atoms with E-state index in [1.807, 2.05) is 17.5 Å². The summed E-state index contributed by atoms with van der Waals surface area (Å²) in [5.41, 5.74) is 0. The first kappa shape index (κ1) is 16.2. The quantitative estimate of drug-likeness (QED) is 0.766. The summed E-state index contributed by atoms with van der Waals surface area (Å²) in [5.74, 6) is 1.34. The largest absolute Gasteiger partial charge is 0.377 e. The summed E-state index contributed by atoms with van der Waals surface area (Å²) in [6.45, 7) is 4.24. The molecule has 0 bridgehead atoms. The summed E-state index contributed by atoms with van der Waals surface area (Å²) < 4.78 is 17.0. The van der Waals surface area contributed by atoms with Crippen LogP contribution < -0.4 is 0 Å². The molecule has 0 unspecified atom stereocenters. The lowest BCUT2D eigenvalue weighted by atomic mass is 10.2. The second kappa shape index (κ2) is 7.74. The normalized spacial score (nSPS) is 24.2. The van der Waals surface area contributed by atoms with Crippen molar-refractivity contribution in [1.82, 2.24) is 15.0 Å². The van der Waals surface area contributed by atoms with Crippen molar-refractivity contribution in [3.05, 3.63) is 23.3 Å². The van der Waals surface area contributed by atoms with Crippen molar-refractivity contribution in [3.63, 3.8) is 0 Å². The van der Waals surface area contributed by atoms with Gasteiger partial charge in [-0.25, -0.2) is 0 Å². The van der Waals surface area contributed by atoms with Crippen LogP contribution in [0.5, 0.6) is 0 Å². The van der Waals surface area contributed by atoms with E-state index in [-0.39, 0.29) is 0 Å². The third-order valence-corrected chi connectivity index (χ3v) is 5.39. The van der Waals surface area contributed by atoms with Crippen LogP contribution in [0.3, 0.4) is 0 Å². The highest BCUT2D eigenvalue weighted by Gasteiger charge is 2.25. The van der Waals surface area contributed by atoms with E-state index in [0.717, 1.165) is 62.7 Å². The number of ether oxygens (including phenoxy) is 2. The summed E-state index contributed by atoms with van der Waals surface area (Å²) in [5, 5.41) is 6.17. The molecule has 2 aliphatic rings. The molecular formula is C17H23N3O3S. The van der Waals surface area contributed by atoms with Crippen molar-refractivity contribution in [1.29, 1.82) is 0 Å². The van der Waals surface area contributed by atoms with Crippen molar-refractivity contribution in [2.45, 2.75) is 44.4 Å². The van der Waals surface area contributed by atoms with Gasteiger partial charge in [-0.3, -0.25) is 4.90 Å².